The van der Waals surface area contributed by atoms with Gasteiger partial charge in [-0.1, -0.05) is 0 Å². The van der Waals surface area contributed by atoms with Crippen LogP contribution >= 0.6 is 0 Å². The minimum Gasteiger partial charge on any atom is -0.421 e. The number of nitrogens with zero attached hydrogens (tertiary/aromatic N) is 3. The maximum Gasteiger partial charge on any atom is 0.324 e. The van der Waals surface area contributed by atoms with E-state index in [1.54, 1.807) is 19.9 Å². The highest BCUT2D eigenvalue weighted by Crippen LogP contribution is 2.39. The van der Waals surface area contributed by atoms with Crippen molar-refractivity contribution in [3.63, 3.8) is 0 Å². The van der Waals surface area contributed by atoms with E-state index in [1.165, 1.54) is 18.9 Å². The summed E-state index contributed by atoms with van der Waals surface area (Å²) in [4.78, 5) is 11.2. The summed E-state index contributed by atoms with van der Waals surface area (Å²) in [5.41, 5.74) is 2.44. The van der Waals surface area contributed by atoms with Gasteiger partial charge < -0.3 is 15.0 Å². The van der Waals surface area contributed by atoms with Gasteiger partial charge in [-0.25, -0.2) is 13.8 Å². The van der Waals surface area contributed by atoms with Crippen LogP contribution in [0, 0.1) is 25.5 Å². The number of H-pyrrole nitrogens is 2. The highest BCUT2D eigenvalue weighted by Gasteiger charge is 2.25. The van der Waals surface area contributed by atoms with Crippen molar-refractivity contribution in [3.05, 3.63) is 53.0 Å². The molecule has 1 aliphatic carbocycles. The fourth-order valence-electron chi connectivity index (χ4n) is 3.29. The minimum absolute atomic E-state index is 0.0876. The van der Waals surface area contributed by atoms with Crippen molar-refractivity contribution in [1.82, 2.24) is 25.1 Å². The maximum atomic E-state index is 14.8. The van der Waals surface area contributed by atoms with Gasteiger partial charge in [0.1, 0.15) is 5.82 Å². The molecule has 0 spiro atoms. The molecule has 9 heteroatoms. The van der Waals surface area contributed by atoms with E-state index in [-0.39, 0.29) is 22.7 Å². The van der Waals surface area contributed by atoms with E-state index in [1.807, 2.05) is 6.07 Å². The maximum absolute atomic E-state index is 14.8. The molecule has 1 fully saturated rings. The molecule has 3 aromatic heterocycles. The summed E-state index contributed by atoms with van der Waals surface area (Å²) in [5.74, 6) is 0.0554. The fraction of sp³-hybridized carbons (Fsp3) is 0.250. The third-order valence-electron chi connectivity index (χ3n) is 4.81. The Labute approximate surface area is 164 Å². The molecule has 5 rings (SSSR count). The number of fused-ring (bicyclic) bond motifs is 1. The van der Waals surface area contributed by atoms with Gasteiger partial charge in [0.25, 0.3) is 0 Å². The van der Waals surface area contributed by atoms with Crippen LogP contribution in [0.1, 0.15) is 35.8 Å². The van der Waals surface area contributed by atoms with E-state index in [0.29, 0.717) is 28.9 Å². The first-order chi connectivity index (χ1) is 14.0. The largest absolute Gasteiger partial charge is 0.421 e. The summed E-state index contributed by atoms with van der Waals surface area (Å²) >= 11 is 0. The van der Waals surface area contributed by atoms with Gasteiger partial charge in [0.05, 0.1) is 5.52 Å². The van der Waals surface area contributed by atoms with Crippen LogP contribution in [0.15, 0.2) is 24.3 Å². The average molecular weight is 396 g/mol. The van der Waals surface area contributed by atoms with E-state index >= 15 is 0 Å². The van der Waals surface area contributed by atoms with Crippen molar-refractivity contribution in [2.75, 3.05) is 5.32 Å². The second-order valence-electron chi connectivity index (χ2n) is 7.30. The molecule has 0 radical (unpaired) electrons. The molecular weight excluding hydrogens is 378 g/mol. The van der Waals surface area contributed by atoms with Gasteiger partial charge >= 0.3 is 6.01 Å². The Morgan fingerprint density at radius 1 is 1.07 bits per heavy atom. The molecule has 3 heterocycles. The van der Waals surface area contributed by atoms with Crippen LogP contribution in [0.25, 0.3) is 10.9 Å². The number of aromatic nitrogens is 5. The topological polar surface area (TPSA) is 91.5 Å². The number of aryl methyl sites for hydroxylation is 2. The van der Waals surface area contributed by atoms with Gasteiger partial charge in [0.15, 0.2) is 23.2 Å². The second kappa shape index (κ2) is 6.54. The summed E-state index contributed by atoms with van der Waals surface area (Å²) in [6.07, 6.45) is 2.33. The second-order valence-corrected chi connectivity index (χ2v) is 7.30. The first kappa shape index (κ1) is 17.6. The molecule has 0 unspecified atom stereocenters. The molecule has 4 aromatic rings. The van der Waals surface area contributed by atoms with Crippen LogP contribution < -0.4 is 10.1 Å². The Balaban J connectivity index is 1.44. The van der Waals surface area contributed by atoms with Crippen LogP contribution in [-0.4, -0.2) is 25.1 Å². The van der Waals surface area contributed by atoms with Crippen molar-refractivity contribution in [3.8, 4) is 11.8 Å². The number of rotatable bonds is 5. The van der Waals surface area contributed by atoms with E-state index < -0.39 is 11.6 Å². The van der Waals surface area contributed by atoms with Crippen LogP contribution in [0.3, 0.4) is 0 Å². The van der Waals surface area contributed by atoms with E-state index in [0.717, 1.165) is 11.8 Å². The fourth-order valence-corrected chi connectivity index (χ4v) is 3.29. The predicted octanol–water partition coefficient (Wildman–Crippen LogP) is 4.99. The normalized spacial score (nSPS) is 13.8. The summed E-state index contributed by atoms with van der Waals surface area (Å²) < 4.78 is 34.6. The molecule has 0 amide bonds. The molecule has 0 saturated heterocycles. The zero-order valence-electron chi connectivity index (χ0n) is 15.8. The quantitative estimate of drug-likeness (QED) is 0.442. The standard InChI is InChI=1S/C20H18F2N6O/c1-9-5-12-18(22)15(7-13(21)19(12)23-9)29-20-24-10(2)6-16(26-20)25-17-8-14(27-28-17)11-3-4-11/h5-8,11,23H,3-4H2,1-2H3,(H2,24,25,26,27,28). The van der Waals surface area contributed by atoms with Crippen LogP contribution in [0.4, 0.5) is 20.4 Å². The minimum atomic E-state index is -0.674. The van der Waals surface area contributed by atoms with Gasteiger partial charge in [-0.3, -0.25) is 5.10 Å². The van der Waals surface area contributed by atoms with Gasteiger partial charge in [-0.05, 0) is 32.8 Å². The number of benzene rings is 1. The van der Waals surface area contributed by atoms with Gasteiger partial charge in [-0.15, -0.1) is 0 Å². The number of halogens is 2. The number of ether oxygens (including phenoxy) is 1. The Bertz CT molecular complexity index is 1230. The van der Waals surface area contributed by atoms with Crippen molar-refractivity contribution in [2.24, 2.45) is 0 Å². The van der Waals surface area contributed by atoms with Crippen molar-refractivity contribution in [2.45, 2.75) is 32.6 Å². The van der Waals surface area contributed by atoms with Crippen molar-refractivity contribution in [1.29, 1.82) is 0 Å². The molecule has 7 nitrogen and oxygen atoms in total. The smallest absolute Gasteiger partial charge is 0.324 e. The Morgan fingerprint density at radius 3 is 2.69 bits per heavy atom. The van der Waals surface area contributed by atoms with Crippen molar-refractivity contribution >= 4 is 22.5 Å². The summed E-state index contributed by atoms with van der Waals surface area (Å²) in [6.45, 7) is 3.49. The molecule has 29 heavy (non-hydrogen) atoms. The number of hydrogen-bond acceptors (Lipinski definition) is 5. The molecule has 1 saturated carbocycles. The first-order valence-electron chi connectivity index (χ1n) is 9.29. The molecule has 0 aliphatic heterocycles. The number of aromatic amines is 2. The average Bonchev–Trinajstić information content (AvgIpc) is 3.28. The number of hydrogen-bond donors (Lipinski definition) is 3. The first-order valence-corrected chi connectivity index (χ1v) is 9.29. The summed E-state index contributed by atoms with van der Waals surface area (Å²) in [6, 6.07) is 6.08. The Morgan fingerprint density at radius 2 is 1.90 bits per heavy atom. The molecule has 0 bridgehead atoms. The molecule has 3 N–H and O–H groups in total. The number of anilines is 2. The summed E-state index contributed by atoms with van der Waals surface area (Å²) in [7, 11) is 0. The van der Waals surface area contributed by atoms with E-state index in [9.17, 15) is 8.78 Å². The van der Waals surface area contributed by atoms with Crippen LogP contribution in [0.5, 0.6) is 11.8 Å². The molecular formula is C20H18F2N6O. The highest BCUT2D eigenvalue weighted by molar-refractivity contribution is 5.83. The summed E-state index contributed by atoms with van der Waals surface area (Å²) in [5, 5.41) is 10.4. The van der Waals surface area contributed by atoms with Gasteiger partial charge in [-0.2, -0.15) is 10.1 Å². The number of nitrogens with one attached hydrogen (secondary N) is 3. The van der Waals surface area contributed by atoms with Crippen molar-refractivity contribution < 1.29 is 13.5 Å². The van der Waals surface area contributed by atoms with Crippen LogP contribution in [-0.2, 0) is 0 Å². The Kier molecular flexibility index (Phi) is 3.97. The van der Waals surface area contributed by atoms with E-state index in [4.69, 9.17) is 4.74 Å². The lowest BCUT2D eigenvalue weighted by Gasteiger charge is -2.09. The molecule has 1 aromatic carbocycles. The third-order valence-corrected chi connectivity index (χ3v) is 4.81. The van der Waals surface area contributed by atoms with Gasteiger partial charge in [0, 0.05) is 46.6 Å². The zero-order chi connectivity index (χ0) is 20.1. The lowest BCUT2D eigenvalue weighted by Crippen LogP contribution is -2.01. The monoisotopic (exact) mass is 396 g/mol. The molecule has 148 valence electrons. The predicted molar refractivity (Wildman–Crippen MR) is 104 cm³/mol. The van der Waals surface area contributed by atoms with E-state index in [2.05, 4.69) is 30.5 Å². The Hall–Kier alpha value is -3.49. The SMILES string of the molecule is Cc1cc(Nc2cc(C3CC3)[nH]n2)nc(Oc2cc(F)c3[nH]c(C)cc3c2F)n1. The molecule has 1 aliphatic rings. The lowest BCUT2D eigenvalue weighted by atomic mass is 10.2. The lowest BCUT2D eigenvalue weighted by molar-refractivity contribution is 0.410. The third kappa shape index (κ3) is 3.39. The molecule has 0 atom stereocenters. The van der Waals surface area contributed by atoms with Gasteiger partial charge in [0.2, 0.25) is 0 Å². The van der Waals surface area contributed by atoms with Crippen LogP contribution in [0.2, 0.25) is 0 Å². The highest BCUT2D eigenvalue weighted by atomic mass is 19.1. The zero-order valence-corrected chi connectivity index (χ0v) is 15.8.